The number of anilines is 1. The monoisotopic (exact) mass is 533 g/mol. The van der Waals surface area contributed by atoms with Gasteiger partial charge in [-0.2, -0.15) is 18.3 Å². The molecule has 6 rings (SSSR count). The van der Waals surface area contributed by atoms with Crippen molar-refractivity contribution in [2.45, 2.75) is 19.1 Å². The Morgan fingerprint density at radius 3 is 2.64 bits per heavy atom. The third kappa shape index (κ3) is 4.37. The van der Waals surface area contributed by atoms with Gasteiger partial charge >= 0.3 is 6.18 Å². The Labute approximate surface area is 220 Å². The summed E-state index contributed by atoms with van der Waals surface area (Å²) >= 11 is 0. The van der Waals surface area contributed by atoms with Crippen molar-refractivity contribution < 1.29 is 22.7 Å². The fraction of sp³-hybridized carbons (Fsp3) is 0.222. The molecule has 5 aromatic rings. The number of fused-ring (bicyclic) bond motifs is 2. The largest absolute Gasteiger partial charge is 0.495 e. The lowest BCUT2D eigenvalue weighted by atomic mass is 9.88. The molecule has 12 heteroatoms. The van der Waals surface area contributed by atoms with Crippen LogP contribution in [0, 0.1) is 0 Å². The molecule has 0 saturated heterocycles. The smallest absolute Gasteiger partial charge is 0.435 e. The van der Waals surface area contributed by atoms with Crippen LogP contribution in [0.5, 0.6) is 5.75 Å². The highest BCUT2D eigenvalue weighted by atomic mass is 19.4. The molecule has 0 fully saturated rings. The molecule has 0 spiro atoms. The van der Waals surface area contributed by atoms with Crippen molar-refractivity contribution in [1.82, 2.24) is 29.3 Å². The first kappa shape index (κ1) is 24.6. The molecule has 0 bridgehead atoms. The Hall–Kier alpha value is -4.74. The minimum atomic E-state index is -4.66. The van der Waals surface area contributed by atoms with Gasteiger partial charge in [0.25, 0.3) is 5.91 Å². The zero-order valence-electron chi connectivity index (χ0n) is 21.0. The van der Waals surface area contributed by atoms with Crippen LogP contribution >= 0.6 is 0 Å². The summed E-state index contributed by atoms with van der Waals surface area (Å²) in [6.07, 6.45) is 5.14. The molecule has 9 nitrogen and oxygen atoms in total. The standard InChI is InChI=1S/C27H22F3N7O2/c1-35-14-22(24(34-35)27(28,29)30)19-9-16(13-36-8-6-31-15-36)10-20-18(19)4-7-37(26(20)38)23-3-5-32-25-21(23)11-17(39-2)12-33-25/h3,5-6,8-12,14-15H,4,7,13H2,1-2H3. The first-order valence-electron chi connectivity index (χ1n) is 12.1. The van der Waals surface area contributed by atoms with Gasteiger partial charge < -0.3 is 14.2 Å². The number of rotatable bonds is 5. The summed E-state index contributed by atoms with van der Waals surface area (Å²) in [5.74, 6) is 0.195. The van der Waals surface area contributed by atoms with Gasteiger partial charge in [-0.25, -0.2) is 15.0 Å². The van der Waals surface area contributed by atoms with Crippen molar-refractivity contribution in [1.29, 1.82) is 0 Å². The number of aryl methyl sites for hydroxylation is 1. The molecule has 0 N–H and O–H groups in total. The molecule has 1 aliphatic rings. The van der Waals surface area contributed by atoms with E-state index in [0.29, 0.717) is 57.7 Å². The number of pyridine rings is 2. The average Bonchev–Trinajstić information content (AvgIpc) is 3.58. The second-order valence-corrected chi connectivity index (χ2v) is 9.25. The summed E-state index contributed by atoms with van der Waals surface area (Å²) in [6, 6.07) is 6.95. The van der Waals surface area contributed by atoms with Crippen LogP contribution in [0.3, 0.4) is 0 Å². The van der Waals surface area contributed by atoms with Gasteiger partial charge in [0, 0.05) is 61.4 Å². The van der Waals surface area contributed by atoms with Crippen LogP contribution in [-0.4, -0.2) is 48.9 Å². The highest BCUT2D eigenvalue weighted by molar-refractivity contribution is 6.12. The second kappa shape index (κ2) is 9.22. The quantitative estimate of drug-likeness (QED) is 0.330. The van der Waals surface area contributed by atoms with Gasteiger partial charge in [0.05, 0.1) is 25.3 Å². The Balaban J connectivity index is 1.52. The van der Waals surface area contributed by atoms with E-state index in [1.54, 1.807) is 64.8 Å². The van der Waals surface area contributed by atoms with Gasteiger partial charge in [0.1, 0.15) is 5.75 Å². The number of hydrogen-bond donors (Lipinski definition) is 0. The number of methoxy groups -OCH3 is 1. The van der Waals surface area contributed by atoms with Crippen LogP contribution in [0.2, 0.25) is 0 Å². The molecular weight excluding hydrogens is 511 g/mol. The number of imidazole rings is 1. The first-order chi connectivity index (χ1) is 18.7. The predicted molar refractivity (Wildman–Crippen MR) is 136 cm³/mol. The van der Waals surface area contributed by atoms with E-state index in [1.165, 1.54) is 20.4 Å². The molecule has 4 aromatic heterocycles. The maximum atomic E-state index is 14.0. The molecule has 0 unspecified atom stereocenters. The number of aromatic nitrogens is 6. The van der Waals surface area contributed by atoms with Crippen molar-refractivity contribution >= 4 is 22.6 Å². The summed E-state index contributed by atoms with van der Waals surface area (Å²) in [7, 11) is 2.97. The number of benzene rings is 1. The van der Waals surface area contributed by atoms with Gasteiger partial charge in [-0.15, -0.1) is 0 Å². The summed E-state index contributed by atoms with van der Waals surface area (Å²) in [5, 5.41) is 4.33. The van der Waals surface area contributed by atoms with Crippen molar-refractivity contribution in [3.05, 3.63) is 84.0 Å². The molecule has 1 aliphatic heterocycles. The van der Waals surface area contributed by atoms with Gasteiger partial charge in [-0.3, -0.25) is 9.48 Å². The minimum absolute atomic E-state index is 0.0571. The second-order valence-electron chi connectivity index (χ2n) is 9.25. The highest BCUT2D eigenvalue weighted by Crippen LogP contribution is 2.41. The van der Waals surface area contributed by atoms with Crippen LogP contribution in [0.4, 0.5) is 18.9 Å². The maximum absolute atomic E-state index is 14.0. The third-order valence-corrected chi connectivity index (χ3v) is 6.76. The maximum Gasteiger partial charge on any atom is 0.435 e. The van der Waals surface area contributed by atoms with E-state index in [0.717, 1.165) is 4.68 Å². The molecule has 0 aliphatic carbocycles. The van der Waals surface area contributed by atoms with Crippen molar-refractivity contribution in [2.24, 2.45) is 7.05 Å². The molecule has 198 valence electrons. The Morgan fingerprint density at radius 2 is 1.90 bits per heavy atom. The topological polar surface area (TPSA) is 91.0 Å². The average molecular weight is 534 g/mol. The van der Waals surface area contributed by atoms with Gasteiger partial charge in [0.2, 0.25) is 0 Å². The van der Waals surface area contributed by atoms with Crippen molar-refractivity contribution in [2.75, 3.05) is 18.6 Å². The molecule has 0 saturated carbocycles. The number of alkyl halides is 3. The molecule has 1 amide bonds. The number of carbonyl (C=O) groups is 1. The van der Waals surface area contributed by atoms with Crippen molar-refractivity contribution in [3.63, 3.8) is 0 Å². The first-order valence-corrected chi connectivity index (χ1v) is 12.1. The van der Waals surface area contributed by atoms with Crippen LogP contribution < -0.4 is 9.64 Å². The number of hydrogen-bond acceptors (Lipinski definition) is 6. The van der Waals surface area contributed by atoms with Crippen LogP contribution in [0.15, 0.2) is 61.6 Å². The molecule has 39 heavy (non-hydrogen) atoms. The lowest BCUT2D eigenvalue weighted by Gasteiger charge is -2.31. The summed E-state index contributed by atoms with van der Waals surface area (Å²) in [5.41, 5.74) is 1.91. The van der Waals surface area contributed by atoms with E-state index in [-0.39, 0.29) is 18.0 Å². The van der Waals surface area contributed by atoms with E-state index < -0.39 is 11.9 Å². The SMILES string of the molecule is COc1cnc2nccc(N3CCc4c(cc(Cn5ccnc5)cc4-c4cn(C)nc4C(F)(F)F)C3=O)c2c1. The van der Waals surface area contributed by atoms with Gasteiger partial charge in [-0.1, -0.05) is 0 Å². The Kier molecular flexibility index (Phi) is 5.82. The summed E-state index contributed by atoms with van der Waals surface area (Å²) in [4.78, 5) is 28.3. The van der Waals surface area contributed by atoms with E-state index in [2.05, 4.69) is 20.1 Å². The van der Waals surface area contributed by atoms with E-state index >= 15 is 0 Å². The van der Waals surface area contributed by atoms with Crippen LogP contribution in [-0.2, 0) is 26.2 Å². The molecule has 1 aromatic carbocycles. The minimum Gasteiger partial charge on any atom is -0.495 e. The lowest BCUT2D eigenvalue weighted by Crippen LogP contribution is -2.38. The Bertz CT molecular complexity index is 1710. The fourth-order valence-corrected chi connectivity index (χ4v) is 5.05. The normalized spacial score (nSPS) is 13.7. The Morgan fingerprint density at radius 1 is 1.08 bits per heavy atom. The van der Waals surface area contributed by atoms with E-state index in [9.17, 15) is 18.0 Å². The molecule has 5 heterocycles. The zero-order chi connectivity index (χ0) is 27.3. The molecule has 0 atom stereocenters. The summed E-state index contributed by atoms with van der Waals surface area (Å²) < 4.78 is 50.2. The van der Waals surface area contributed by atoms with E-state index in [1.807, 2.05) is 0 Å². The number of halogens is 3. The van der Waals surface area contributed by atoms with Crippen LogP contribution in [0.1, 0.15) is 27.2 Å². The predicted octanol–water partition coefficient (Wildman–Crippen LogP) is 4.51. The van der Waals surface area contributed by atoms with Gasteiger partial charge in [-0.05, 0) is 47.4 Å². The van der Waals surface area contributed by atoms with Crippen molar-refractivity contribution in [3.8, 4) is 16.9 Å². The third-order valence-electron chi connectivity index (χ3n) is 6.76. The highest BCUT2D eigenvalue weighted by Gasteiger charge is 2.39. The molecular formula is C27H22F3N7O2. The zero-order valence-corrected chi connectivity index (χ0v) is 21.0. The number of ether oxygens (including phenoxy) is 1. The molecule has 0 radical (unpaired) electrons. The van der Waals surface area contributed by atoms with E-state index in [4.69, 9.17) is 4.74 Å². The van der Waals surface area contributed by atoms with Gasteiger partial charge in [0.15, 0.2) is 11.3 Å². The van der Waals surface area contributed by atoms with Crippen LogP contribution in [0.25, 0.3) is 22.2 Å². The number of amides is 1. The summed E-state index contributed by atoms with van der Waals surface area (Å²) in [6.45, 7) is 0.589. The lowest BCUT2D eigenvalue weighted by molar-refractivity contribution is -0.140. The number of nitrogens with zero attached hydrogens (tertiary/aromatic N) is 7. The fourth-order valence-electron chi connectivity index (χ4n) is 5.05. The number of carbonyl (C=O) groups excluding carboxylic acids is 1.